The van der Waals surface area contributed by atoms with Crippen LogP contribution < -0.4 is 0 Å². The molecule has 1 aromatic carbocycles. The molecule has 5 heteroatoms. The van der Waals surface area contributed by atoms with Gasteiger partial charge in [-0.15, -0.1) is 0 Å². The van der Waals surface area contributed by atoms with Gasteiger partial charge >= 0.3 is 0 Å². The van der Waals surface area contributed by atoms with E-state index in [1.54, 1.807) is 24.3 Å². The second-order valence-electron chi connectivity index (χ2n) is 3.27. The third kappa shape index (κ3) is 3.59. The van der Waals surface area contributed by atoms with E-state index < -0.39 is 10.1 Å². The van der Waals surface area contributed by atoms with Crippen molar-refractivity contribution < 1.29 is 17.3 Å². The zero-order valence-corrected chi connectivity index (χ0v) is 10.3. The van der Waals surface area contributed by atoms with Crippen molar-refractivity contribution in [1.29, 1.82) is 0 Å². The van der Waals surface area contributed by atoms with Crippen molar-refractivity contribution in [1.82, 2.24) is 0 Å². The number of aryl methyl sites for hydroxylation is 1. The fourth-order valence-corrected chi connectivity index (χ4v) is 2.08. The molecule has 16 heavy (non-hydrogen) atoms. The summed E-state index contributed by atoms with van der Waals surface area (Å²) in [5, 5.41) is 0. The molecule has 0 aliphatic carbocycles. The Labute approximate surface area is 96.3 Å². The standard InChI is InChI=1S/C11H16O4S/c1-3-10-4-6-11(7-5-10)16(12,13)15-9-8-14-2/h4-7H,3,8-9H2,1-2H3. The topological polar surface area (TPSA) is 52.6 Å². The quantitative estimate of drug-likeness (QED) is 0.563. The largest absolute Gasteiger partial charge is 0.382 e. The van der Waals surface area contributed by atoms with Crippen molar-refractivity contribution in [3.8, 4) is 0 Å². The van der Waals surface area contributed by atoms with Gasteiger partial charge in [-0.2, -0.15) is 8.42 Å². The summed E-state index contributed by atoms with van der Waals surface area (Å²) in [6, 6.07) is 6.68. The SMILES string of the molecule is CCc1ccc(S(=O)(=O)OCCOC)cc1. The van der Waals surface area contributed by atoms with E-state index in [0.29, 0.717) is 0 Å². The predicted octanol–water partition coefficient (Wildman–Crippen LogP) is 1.60. The van der Waals surface area contributed by atoms with Gasteiger partial charge in [0.1, 0.15) is 0 Å². The lowest BCUT2D eigenvalue weighted by atomic mass is 10.2. The molecule has 0 heterocycles. The number of ether oxygens (including phenoxy) is 1. The molecule has 0 aliphatic rings. The fraction of sp³-hybridized carbons (Fsp3) is 0.455. The van der Waals surface area contributed by atoms with Crippen molar-refractivity contribution in [3.05, 3.63) is 29.8 Å². The van der Waals surface area contributed by atoms with Gasteiger partial charge in [0.15, 0.2) is 0 Å². The predicted molar refractivity (Wildman–Crippen MR) is 60.8 cm³/mol. The van der Waals surface area contributed by atoms with Crippen LogP contribution in [0, 0.1) is 0 Å². The van der Waals surface area contributed by atoms with Crippen LogP contribution in [0.5, 0.6) is 0 Å². The van der Waals surface area contributed by atoms with Gasteiger partial charge in [-0.25, -0.2) is 0 Å². The van der Waals surface area contributed by atoms with Crippen LogP contribution in [0.1, 0.15) is 12.5 Å². The summed E-state index contributed by atoms with van der Waals surface area (Å²) in [4.78, 5) is 0.181. The maximum absolute atomic E-state index is 11.6. The number of rotatable bonds is 6. The Kier molecular flexibility index (Phi) is 4.92. The van der Waals surface area contributed by atoms with Gasteiger partial charge in [-0.05, 0) is 24.1 Å². The molecule has 0 amide bonds. The first-order valence-corrected chi connectivity index (χ1v) is 6.48. The molecule has 0 aliphatic heterocycles. The van der Waals surface area contributed by atoms with Crippen LogP contribution in [-0.4, -0.2) is 28.7 Å². The Morgan fingerprint density at radius 1 is 1.12 bits per heavy atom. The fourth-order valence-electron chi connectivity index (χ4n) is 1.19. The van der Waals surface area contributed by atoms with E-state index in [-0.39, 0.29) is 18.1 Å². The van der Waals surface area contributed by atoms with E-state index in [4.69, 9.17) is 8.92 Å². The molecule has 0 fully saturated rings. The molecule has 90 valence electrons. The molecular formula is C11H16O4S. The lowest BCUT2D eigenvalue weighted by Crippen LogP contribution is -2.10. The summed E-state index contributed by atoms with van der Waals surface area (Å²) in [6.07, 6.45) is 0.880. The van der Waals surface area contributed by atoms with Gasteiger partial charge in [0.05, 0.1) is 18.1 Å². The van der Waals surface area contributed by atoms with Gasteiger partial charge in [0.2, 0.25) is 0 Å². The first kappa shape index (κ1) is 13.2. The Balaban J connectivity index is 2.74. The van der Waals surface area contributed by atoms with E-state index in [0.717, 1.165) is 12.0 Å². The minimum absolute atomic E-state index is 0.0361. The molecule has 4 nitrogen and oxygen atoms in total. The van der Waals surface area contributed by atoms with Crippen molar-refractivity contribution in [2.24, 2.45) is 0 Å². The molecule has 0 atom stereocenters. The highest BCUT2D eigenvalue weighted by atomic mass is 32.2. The Morgan fingerprint density at radius 2 is 1.75 bits per heavy atom. The summed E-state index contributed by atoms with van der Waals surface area (Å²) < 4.78 is 32.8. The first-order valence-electron chi connectivity index (χ1n) is 5.07. The van der Waals surface area contributed by atoms with E-state index in [1.807, 2.05) is 6.92 Å². The molecule has 0 bridgehead atoms. The molecular weight excluding hydrogens is 228 g/mol. The molecule has 0 spiro atoms. The molecule has 1 aromatic rings. The minimum Gasteiger partial charge on any atom is -0.382 e. The second-order valence-corrected chi connectivity index (χ2v) is 4.88. The Hall–Kier alpha value is -0.910. The average Bonchev–Trinajstić information content (AvgIpc) is 2.29. The van der Waals surface area contributed by atoms with Crippen LogP contribution in [0.15, 0.2) is 29.2 Å². The third-order valence-electron chi connectivity index (χ3n) is 2.15. The molecule has 0 N–H and O–H groups in total. The summed E-state index contributed by atoms with van der Waals surface area (Å²) in [6.45, 7) is 2.30. The smallest absolute Gasteiger partial charge is 0.297 e. The molecule has 0 aromatic heterocycles. The van der Waals surface area contributed by atoms with Gasteiger partial charge in [-0.3, -0.25) is 4.18 Å². The van der Waals surface area contributed by atoms with Gasteiger partial charge < -0.3 is 4.74 Å². The molecule has 1 rings (SSSR count). The summed E-state index contributed by atoms with van der Waals surface area (Å²) >= 11 is 0. The van der Waals surface area contributed by atoms with Gasteiger partial charge in [0, 0.05) is 7.11 Å². The highest BCUT2D eigenvalue weighted by molar-refractivity contribution is 7.86. The van der Waals surface area contributed by atoms with Crippen molar-refractivity contribution in [3.63, 3.8) is 0 Å². The van der Waals surface area contributed by atoms with Crippen LogP contribution >= 0.6 is 0 Å². The number of hydrogen-bond donors (Lipinski definition) is 0. The monoisotopic (exact) mass is 244 g/mol. The Bertz CT molecular complexity index is 408. The van der Waals surface area contributed by atoms with Crippen molar-refractivity contribution in [2.45, 2.75) is 18.2 Å². The van der Waals surface area contributed by atoms with Crippen LogP contribution in [-0.2, 0) is 25.5 Å². The highest BCUT2D eigenvalue weighted by Gasteiger charge is 2.14. The van der Waals surface area contributed by atoms with Crippen LogP contribution in [0.4, 0.5) is 0 Å². The van der Waals surface area contributed by atoms with E-state index in [1.165, 1.54) is 7.11 Å². The van der Waals surface area contributed by atoms with E-state index in [9.17, 15) is 8.42 Å². The normalized spacial score (nSPS) is 11.6. The Morgan fingerprint density at radius 3 is 2.25 bits per heavy atom. The van der Waals surface area contributed by atoms with Gasteiger partial charge in [-0.1, -0.05) is 19.1 Å². The number of methoxy groups -OCH3 is 1. The minimum atomic E-state index is -3.64. The van der Waals surface area contributed by atoms with Crippen LogP contribution in [0.25, 0.3) is 0 Å². The van der Waals surface area contributed by atoms with Crippen LogP contribution in [0.2, 0.25) is 0 Å². The summed E-state index contributed by atoms with van der Waals surface area (Å²) in [5.74, 6) is 0. The molecule has 0 saturated carbocycles. The van der Waals surface area contributed by atoms with Crippen LogP contribution in [0.3, 0.4) is 0 Å². The zero-order valence-electron chi connectivity index (χ0n) is 9.47. The summed E-state index contributed by atoms with van der Waals surface area (Å²) in [5.41, 5.74) is 1.09. The van der Waals surface area contributed by atoms with Crippen molar-refractivity contribution >= 4 is 10.1 Å². The molecule has 0 radical (unpaired) electrons. The van der Waals surface area contributed by atoms with Gasteiger partial charge in [0.25, 0.3) is 10.1 Å². The highest BCUT2D eigenvalue weighted by Crippen LogP contribution is 2.13. The lowest BCUT2D eigenvalue weighted by Gasteiger charge is -2.05. The second kappa shape index (κ2) is 5.98. The first-order chi connectivity index (χ1) is 7.60. The number of benzene rings is 1. The van der Waals surface area contributed by atoms with E-state index in [2.05, 4.69) is 0 Å². The van der Waals surface area contributed by atoms with Crippen molar-refractivity contribution in [2.75, 3.05) is 20.3 Å². The molecule has 0 unspecified atom stereocenters. The molecule has 0 saturated heterocycles. The lowest BCUT2D eigenvalue weighted by molar-refractivity contribution is 0.149. The summed E-state index contributed by atoms with van der Waals surface area (Å²) in [7, 11) is -2.15. The number of hydrogen-bond acceptors (Lipinski definition) is 4. The third-order valence-corrected chi connectivity index (χ3v) is 3.47. The zero-order chi connectivity index (χ0) is 12.0. The maximum atomic E-state index is 11.6. The van der Waals surface area contributed by atoms with E-state index >= 15 is 0 Å². The maximum Gasteiger partial charge on any atom is 0.297 e. The average molecular weight is 244 g/mol.